The third-order valence-corrected chi connectivity index (χ3v) is 3.12. The molecule has 0 saturated carbocycles. The monoisotopic (exact) mass is 308 g/mol. The molecule has 0 bridgehead atoms. The molecule has 0 aliphatic rings. The zero-order chi connectivity index (χ0) is 15.5. The Kier molecular flexibility index (Phi) is 4.23. The average Bonchev–Trinajstić information content (AvgIpc) is 2.42. The molecule has 0 aliphatic heterocycles. The summed E-state index contributed by atoms with van der Waals surface area (Å²) in [4.78, 5) is 0. The second kappa shape index (κ2) is 5.92. The first kappa shape index (κ1) is 15.0. The van der Waals surface area contributed by atoms with Crippen molar-refractivity contribution in [1.29, 1.82) is 0 Å². The van der Waals surface area contributed by atoms with Gasteiger partial charge in [0.2, 0.25) is 0 Å². The lowest BCUT2D eigenvalue weighted by Gasteiger charge is -2.07. The van der Waals surface area contributed by atoms with E-state index in [1.165, 1.54) is 24.3 Å². The molecule has 2 rings (SSSR count). The Labute approximate surface area is 122 Å². The number of nitrogens with zero attached hydrogens (tertiary/aromatic N) is 1. The molecule has 7 heteroatoms. The van der Waals surface area contributed by atoms with Crippen molar-refractivity contribution in [2.24, 2.45) is 10.9 Å². The van der Waals surface area contributed by atoms with Crippen LogP contribution in [0.25, 0.3) is 0 Å². The van der Waals surface area contributed by atoms with Gasteiger partial charge in [0.15, 0.2) is 0 Å². The fraction of sp³-hybridized carbons (Fsp3) is 0.0714. The quantitative estimate of drug-likeness (QED) is 0.404. The maximum absolute atomic E-state index is 12.9. The molecule has 0 atom stereocenters. The van der Waals surface area contributed by atoms with Crippen LogP contribution in [0.5, 0.6) is 5.75 Å². The molecule has 5 nitrogen and oxygen atoms in total. The molecule has 2 N–H and O–H groups in total. The fourth-order valence-corrected chi connectivity index (χ4v) is 2.23. The van der Waals surface area contributed by atoms with Crippen LogP contribution in [0.2, 0.25) is 0 Å². The van der Waals surface area contributed by atoms with E-state index in [4.69, 9.17) is 10.0 Å². The summed E-state index contributed by atoms with van der Waals surface area (Å²) in [5, 5.41) is 3.70. The molecule has 110 valence electrons. The van der Waals surface area contributed by atoms with E-state index in [-0.39, 0.29) is 11.6 Å². The minimum absolute atomic E-state index is 0.191. The predicted octanol–water partition coefficient (Wildman–Crippen LogP) is 1.88. The standard InChI is InChI=1S/C14H13FN2O3S/c1-21(18,19)20-13-8-4-11(5-9-13)14(17-16)10-2-6-12(15)7-3-10/h2-9H,16H2,1H3. The van der Waals surface area contributed by atoms with Crippen molar-refractivity contribution < 1.29 is 17.0 Å². The summed E-state index contributed by atoms with van der Waals surface area (Å²) in [6, 6.07) is 12.0. The van der Waals surface area contributed by atoms with Gasteiger partial charge < -0.3 is 10.0 Å². The molecule has 0 radical (unpaired) electrons. The van der Waals surface area contributed by atoms with Crippen molar-refractivity contribution >= 4 is 15.8 Å². The molecule has 0 unspecified atom stereocenters. The van der Waals surface area contributed by atoms with E-state index >= 15 is 0 Å². The molecule has 0 heterocycles. The molecule has 21 heavy (non-hydrogen) atoms. The van der Waals surface area contributed by atoms with Gasteiger partial charge in [-0.3, -0.25) is 0 Å². The van der Waals surface area contributed by atoms with Crippen molar-refractivity contribution in [3.8, 4) is 5.75 Å². The summed E-state index contributed by atoms with van der Waals surface area (Å²) in [5.74, 6) is 5.22. The number of hydrazone groups is 1. The molecule has 2 aromatic rings. The van der Waals surface area contributed by atoms with Crippen LogP contribution in [-0.2, 0) is 10.1 Å². The number of rotatable bonds is 4. The van der Waals surface area contributed by atoms with Gasteiger partial charge in [-0.2, -0.15) is 13.5 Å². The smallest absolute Gasteiger partial charge is 0.306 e. The van der Waals surface area contributed by atoms with Crippen LogP contribution in [0, 0.1) is 5.82 Å². The highest BCUT2D eigenvalue weighted by Crippen LogP contribution is 2.17. The number of benzene rings is 2. The van der Waals surface area contributed by atoms with E-state index in [1.807, 2.05) is 0 Å². The topological polar surface area (TPSA) is 81.8 Å². The summed E-state index contributed by atoms with van der Waals surface area (Å²) < 4.78 is 39.7. The van der Waals surface area contributed by atoms with Crippen LogP contribution >= 0.6 is 0 Å². The normalized spacial score (nSPS) is 12.2. The summed E-state index contributed by atoms with van der Waals surface area (Å²) in [5.41, 5.74) is 1.77. The van der Waals surface area contributed by atoms with Gasteiger partial charge in [-0.15, -0.1) is 0 Å². The van der Waals surface area contributed by atoms with Crippen LogP contribution in [0.1, 0.15) is 11.1 Å². The van der Waals surface area contributed by atoms with Crippen molar-refractivity contribution in [3.05, 3.63) is 65.5 Å². The van der Waals surface area contributed by atoms with Gasteiger partial charge in [-0.05, 0) is 48.5 Å². The van der Waals surface area contributed by atoms with E-state index < -0.39 is 10.1 Å². The second-order valence-electron chi connectivity index (χ2n) is 4.30. The lowest BCUT2D eigenvalue weighted by atomic mass is 10.0. The van der Waals surface area contributed by atoms with Gasteiger partial charge in [0.1, 0.15) is 11.6 Å². The molecule has 0 aromatic heterocycles. The first-order chi connectivity index (χ1) is 9.89. The van der Waals surface area contributed by atoms with Gasteiger partial charge in [0.25, 0.3) is 0 Å². The fourth-order valence-electron chi connectivity index (χ4n) is 1.77. The van der Waals surface area contributed by atoms with Gasteiger partial charge in [-0.1, -0.05) is 0 Å². The summed E-state index contributed by atoms with van der Waals surface area (Å²) in [7, 11) is -3.57. The van der Waals surface area contributed by atoms with E-state index in [2.05, 4.69) is 5.10 Å². The van der Waals surface area contributed by atoms with Crippen molar-refractivity contribution in [1.82, 2.24) is 0 Å². The predicted molar refractivity (Wildman–Crippen MR) is 78.1 cm³/mol. The molecule has 2 aromatic carbocycles. The van der Waals surface area contributed by atoms with Crippen molar-refractivity contribution in [2.45, 2.75) is 0 Å². The van der Waals surface area contributed by atoms with Crippen LogP contribution < -0.4 is 10.0 Å². The Morgan fingerprint density at radius 3 is 1.95 bits per heavy atom. The van der Waals surface area contributed by atoms with Crippen LogP contribution in [0.3, 0.4) is 0 Å². The minimum atomic E-state index is -3.57. The van der Waals surface area contributed by atoms with E-state index in [0.717, 1.165) is 6.26 Å². The van der Waals surface area contributed by atoms with Gasteiger partial charge in [0.05, 0.1) is 12.0 Å². The molecule has 0 fully saturated rings. The lowest BCUT2D eigenvalue weighted by molar-refractivity contribution is 0.493. The highest BCUT2D eigenvalue weighted by molar-refractivity contribution is 7.86. The molecular weight excluding hydrogens is 295 g/mol. The second-order valence-corrected chi connectivity index (χ2v) is 5.87. The SMILES string of the molecule is CS(=O)(=O)Oc1ccc(C(=NN)c2ccc(F)cc2)cc1. The molecule has 0 amide bonds. The first-order valence-electron chi connectivity index (χ1n) is 5.93. The highest BCUT2D eigenvalue weighted by atomic mass is 32.2. The molecule has 0 aliphatic carbocycles. The number of hydrogen-bond acceptors (Lipinski definition) is 5. The summed E-state index contributed by atoms with van der Waals surface area (Å²) in [6.07, 6.45) is 0.964. The number of hydrogen-bond donors (Lipinski definition) is 1. The highest BCUT2D eigenvalue weighted by Gasteiger charge is 2.09. The Bertz CT molecular complexity index is 754. The maximum Gasteiger partial charge on any atom is 0.306 e. The zero-order valence-electron chi connectivity index (χ0n) is 11.2. The third-order valence-electron chi connectivity index (χ3n) is 2.62. The number of halogens is 1. The van der Waals surface area contributed by atoms with E-state index in [9.17, 15) is 12.8 Å². The van der Waals surface area contributed by atoms with E-state index in [0.29, 0.717) is 16.8 Å². The van der Waals surface area contributed by atoms with Crippen molar-refractivity contribution in [3.63, 3.8) is 0 Å². The third kappa shape index (κ3) is 4.03. The first-order valence-corrected chi connectivity index (χ1v) is 7.74. The van der Waals surface area contributed by atoms with Gasteiger partial charge >= 0.3 is 10.1 Å². The van der Waals surface area contributed by atoms with Gasteiger partial charge in [0, 0.05) is 11.1 Å². The van der Waals surface area contributed by atoms with Crippen LogP contribution in [-0.4, -0.2) is 20.4 Å². The minimum Gasteiger partial charge on any atom is -0.383 e. The maximum atomic E-state index is 12.9. The number of nitrogens with two attached hydrogens (primary N) is 1. The summed E-state index contributed by atoms with van der Waals surface area (Å²) >= 11 is 0. The molecule has 0 spiro atoms. The van der Waals surface area contributed by atoms with E-state index in [1.54, 1.807) is 24.3 Å². The van der Waals surface area contributed by atoms with Crippen molar-refractivity contribution in [2.75, 3.05) is 6.26 Å². The largest absolute Gasteiger partial charge is 0.383 e. The van der Waals surface area contributed by atoms with Crippen LogP contribution in [0.4, 0.5) is 4.39 Å². The lowest BCUT2D eigenvalue weighted by Crippen LogP contribution is -2.08. The Morgan fingerprint density at radius 1 is 1.05 bits per heavy atom. The molecule has 0 saturated heterocycles. The Hall–Kier alpha value is -2.41. The Morgan fingerprint density at radius 2 is 1.52 bits per heavy atom. The van der Waals surface area contributed by atoms with Gasteiger partial charge in [-0.25, -0.2) is 4.39 Å². The average molecular weight is 308 g/mol. The van der Waals surface area contributed by atoms with Crippen LogP contribution in [0.15, 0.2) is 53.6 Å². The molecular formula is C14H13FN2O3S. The zero-order valence-corrected chi connectivity index (χ0v) is 12.0. The summed E-state index contributed by atoms with van der Waals surface area (Å²) in [6.45, 7) is 0. The Balaban J connectivity index is 2.30.